The molecule has 0 spiro atoms. The third kappa shape index (κ3) is 7.25. The fourth-order valence-electron chi connectivity index (χ4n) is 5.41. The van der Waals surface area contributed by atoms with Crippen LogP contribution in [0.5, 0.6) is 0 Å². The minimum absolute atomic E-state index is 0.0684. The molecule has 2 aromatic carbocycles. The Bertz CT molecular complexity index is 1440. The second-order valence-corrected chi connectivity index (χ2v) is 10.7. The SMILES string of the molecule is CCCN(Cc1cccn1Cc1ccc(C(=O)N2CCC(Cc3ccccc3)CC2)o1)C(=O)Nc1ccccc1F. The average molecular weight is 557 g/mol. The van der Waals surface area contributed by atoms with E-state index in [-0.39, 0.29) is 17.6 Å². The summed E-state index contributed by atoms with van der Waals surface area (Å²) in [4.78, 5) is 29.7. The van der Waals surface area contributed by atoms with Crippen LogP contribution in [-0.4, -0.2) is 45.9 Å². The number of carbonyl (C=O) groups is 2. The molecular formula is C33H37FN4O3. The summed E-state index contributed by atoms with van der Waals surface area (Å²) < 4.78 is 22.1. The number of nitrogens with zero attached hydrogens (tertiary/aromatic N) is 3. The van der Waals surface area contributed by atoms with Gasteiger partial charge in [0.25, 0.3) is 5.91 Å². The quantitative estimate of drug-likeness (QED) is 0.233. The topological polar surface area (TPSA) is 70.7 Å². The summed E-state index contributed by atoms with van der Waals surface area (Å²) in [6, 6.07) is 23.8. The van der Waals surface area contributed by atoms with Gasteiger partial charge in [-0.25, -0.2) is 9.18 Å². The molecule has 0 radical (unpaired) electrons. The van der Waals surface area contributed by atoms with Gasteiger partial charge in [-0.05, 0) is 73.6 Å². The van der Waals surface area contributed by atoms with E-state index in [9.17, 15) is 14.0 Å². The van der Waals surface area contributed by atoms with Crippen molar-refractivity contribution < 1.29 is 18.4 Å². The number of piperidine rings is 1. The molecule has 1 fully saturated rings. The highest BCUT2D eigenvalue weighted by molar-refractivity contribution is 5.91. The number of hydrogen-bond donors (Lipinski definition) is 1. The second-order valence-electron chi connectivity index (χ2n) is 10.7. The van der Waals surface area contributed by atoms with Gasteiger partial charge < -0.3 is 24.1 Å². The predicted octanol–water partition coefficient (Wildman–Crippen LogP) is 6.81. The normalized spacial score (nSPS) is 13.8. The van der Waals surface area contributed by atoms with Crippen LogP contribution in [0.15, 0.2) is 89.5 Å². The van der Waals surface area contributed by atoms with Gasteiger partial charge in [-0.2, -0.15) is 0 Å². The van der Waals surface area contributed by atoms with Crippen molar-refractivity contribution in [3.8, 4) is 0 Å². The molecule has 0 saturated carbocycles. The van der Waals surface area contributed by atoms with E-state index in [0.29, 0.717) is 37.1 Å². The Hall–Kier alpha value is -4.33. The first kappa shape index (κ1) is 28.2. The molecule has 0 unspecified atom stereocenters. The van der Waals surface area contributed by atoms with Crippen molar-refractivity contribution in [2.24, 2.45) is 5.92 Å². The van der Waals surface area contributed by atoms with Crippen LogP contribution in [0.3, 0.4) is 0 Å². The van der Waals surface area contributed by atoms with Crippen LogP contribution in [0.2, 0.25) is 0 Å². The average Bonchev–Trinajstić information content (AvgIpc) is 3.64. The lowest BCUT2D eigenvalue weighted by molar-refractivity contribution is 0.0656. The number of rotatable bonds is 10. The molecule has 0 bridgehead atoms. The molecule has 5 rings (SSSR count). The molecule has 0 aliphatic carbocycles. The Morgan fingerprint density at radius 1 is 0.976 bits per heavy atom. The van der Waals surface area contributed by atoms with Crippen molar-refractivity contribution in [2.75, 3.05) is 25.0 Å². The van der Waals surface area contributed by atoms with Crippen LogP contribution in [0, 0.1) is 11.7 Å². The molecule has 8 heteroatoms. The van der Waals surface area contributed by atoms with Crippen molar-refractivity contribution >= 4 is 17.6 Å². The van der Waals surface area contributed by atoms with E-state index in [4.69, 9.17) is 4.42 Å². The maximum atomic E-state index is 14.1. The number of carbonyl (C=O) groups excluding carboxylic acids is 2. The number of hydrogen-bond acceptors (Lipinski definition) is 3. The van der Waals surface area contributed by atoms with Gasteiger partial charge in [-0.15, -0.1) is 0 Å². The molecule has 1 aliphatic heterocycles. The predicted molar refractivity (Wildman–Crippen MR) is 157 cm³/mol. The van der Waals surface area contributed by atoms with Crippen molar-refractivity contribution in [3.63, 3.8) is 0 Å². The van der Waals surface area contributed by atoms with E-state index in [0.717, 1.165) is 44.5 Å². The van der Waals surface area contributed by atoms with E-state index >= 15 is 0 Å². The lowest BCUT2D eigenvalue weighted by Crippen LogP contribution is -2.38. The van der Waals surface area contributed by atoms with Crippen LogP contribution in [0.4, 0.5) is 14.9 Å². The summed E-state index contributed by atoms with van der Waals surface area (Å²) >= 11 is 0. The van der Waals surface area contributed by atoms with Crippen LogP contribution >= 0.6 is 0 Å². The molecule has 1 saturated heterocycles. The minimum atomic E-state index is -0.472. The largest absolute Gasteiger partial charge is 0.454 e. The lowest BCUT2D eigenvalue weighted by Gasteiger charge is -2.31. The van der Waals surface area contributed by atoms with E-state index in [1.807, 2.05) is 46.9 Å². The van der Waals surface area contributed by atoms with Crippen LogP contribution < -0.4 is 5.32 Å². The van der Waals surface area contributed by atoms with Crippen LogP contribution in [0.1, 0.15) is 53.8 Å². The van der Waals surface area contributed by atoms with Gasteiger partial charge in [0.2, 0.25) is 0 Å². The zero-order valence-corrected chi connectivity index (χ0v) is 23.5. The van der Waals surface area contributed by atoms with Gasteiger partial charge in [0.15, 0.2) is 5.76 Å². The maximum Gasteiger partial charge on any atom is 0.322 e. The van der Waals surface area contributed by atoms with Gasteiger partial charge in [0.1, 0.15) is 11.6 Å². The number of amides is 3. The molecule has 41 heavy (non-hydrogen) atoms. The minimum Gasteiger partial charge on any atom is -0.454 e. The highest BCUT2D eigenvalue weighted by atomic mass is 19.1. The zero-order chi connectivity index (χ0) is 28.6. The summed E-state index contributed by atoms with van der Waals surface area (Å²) in [6.45, 7) is 4.77. The highest BCUT2D eigenvalue weighted by Crippen LogP contribution is 2.24. The fourth-order valence-corrected chi connectivity index (χ4v) is 5.41. The third-order valence-corrected chi connectivity index (χ3v) is 7.64. The van der Waals surface area contributed by atoms with E-state index < -0.39 is 5.82 Å². The summed E-state index contributed by atoms with van der Waals surface area (Å²) in [5.74, 6) is 1.07. The number of benzene rings is 2. The number of furan rings is 1. The fraction of sp³-hybridized carbons (Fsp3) is 0.333. The molecule has 1 aliphatic rings. The first-order valence-electron chi connectivity index (χ1n) is 14.4. The molecule has 2 aromatic heterocycles. The Kier molecular flexibility index (Phi) is 9.19. The monoisotopic (exact) mass is 556 g/mol. The van der Waals surface area contributed by atoms with Gasteiger partial charge in [-0.1, -0.05) is 49.4 Å². The van der Waals surface area contributed by atoms with Crippen LogP contribution in [-0.2, 0) is 19.5 Å². The highest BCUT2D eigenvalue weighted by Gasteiger charge is 2.26. The molecule has 3 heterocycles. The first-order chi connectivity index (χ1) is 20.0. The Morgan fingerprint density at radius 2 is 1.73 bits per heavy atom. The van der Waals surface area contributed by atoms with Crippen molar-refractivity contribution in [1.29, 1.82) is 0 Å². The summed E-state index contributed by atoms with van der Waals surface area (Å²) in [6.07, 6.45) is 5.71. The number of likely N-dealkylation sites (tertiary alicyclic amines) is 1. The molecule has 3 amide bonds. The zero-order valence-electron chi connectivity index (χ0n) is 23.5. The number of anilines is 1. The first-order valence-corrected chi connectivity index (χ1v) is 14.4. The lowest BCUT2D eigenvalue weighted by atomic mass is 9.90. The van der Waals surface area contributed by atoms with Gasteiger partial charge in [-0.3, -0.25) is 4.79 Å². The summed E-state index contributed by atoms with van der Waals surface area (Å²) in [7, 11) is 0. The number of nitrogens with one attached hydrogen (secondary N) is 1. The van der Waals surface area contributed by atoms with Gasteiger partial charge in [0, 0.05) is 31.5 Å². The summed E-state index contributed by atoms with van der Waals surface area (Å²) in [5, 5.41) is 2.68. The van der Waals surface area contributed by atoms with E-state index in [2.05, 4.69) is 29.6 Å². The van der Waals surface area contributed by atoms with Gasteiger partial charge in [0.05, 0.1) is 18.8 Å². The molecular weight excluding hydrogens is 519 g/mol. The Balaban J connectivity index is 1.17. The standard InChI is InChI=1S/C33H37FN4O3/c1-2-18-38(33(40)35-30-13-7-6-12-29(30)34)23-27-11-8-19-37(27)24-28-14-15-31(41-28)32(39)36-20-16-26(17-21-36)22-25-9-4-3-5-10-25/h3-15,19,26H,2,16-18,20-24H2,1H3,(H,35,40). The second kappa shape index (κ2) is 13.4. The number of aromatic nitrogens is 1. The smallest absolute Gasteiger partial charge is 0.322 e. The molecule has 7 nitrogen and oxygen atoms in total. The van der Waals surface area contributed by atoms with Crippen molar-refractivity contribution in [1.82, 2.24) is 14.4 Å². The summed E-state index contributed by atoms with van der Waals surface area (Å²) in [5.41, 5.74) is 2.41. The molecule has 0 atom stereocenters. The number of para-hydroxylation sites is 1. The molecule has 4 aromatic rings. The number of halogens is 1. The Labute approximate surface area is 240 Å². The number of urea groups is 1. The third-order valence-electron chi connectivity index (χ3n) is 7.64. The molecule has 214 valence electrons. The van der Waals surface area contributed by atoms with Crippen molar-refractivity contribution in [3.05, 3.63) is 114 Å². The maximum absolute atomic E-state index is 14.1. The van der Waals surface area contributed by atoms with Crippen molar-refractivity contribution in [2.45, 2.75) is 45.7 Å². The van der Waals surface area contributed by atoms with E-state index in [1.54, 1.807) is 29.2 Å². The van der Waals surface area contributed by atoms with E-state index in [1.165, 1.54) is 11.6 Å². The van der Waals surface area contributed by atoms with Crippen LogP contribution in [0.25, 0.3) is 0 Å². The Morgan fingerprint density at radius 3 is 2.49 bits per heavy atom. The molecule has 1 N–H and O–H groups in total. The van der Waals surface area contributed by atoms with Gasteiger partial charge >= 0.3 is 6.03 Å².